The van der Waals surface area contributed by atoms with Crippen LogP contribution >= 0.6 is 0 Å². The third kappa shape index (κ3) is 3.11. The summed E-state index contributed by atoms with van der Waals surface area (Å²) in [5, 5.41) is 10.1. The Labute approximate surface area is 110 Å². The normalized spacial score (nSPS) is 21.4. The van der Waals surface area contributed by atoms with Crippen LogP contribution in [0.1, 0.15) is 63.6 Å². The van der Waals surface area contributed by atoms with Gasteiger partial charge in [-0.3, -0.25) is 4.98 Å². The maximum Gasteiger partial charge on any atom is 0.0588 e. The summed E-state index contributed by atoms with van der Waals surface area (Å²) >= 11 is 0. The van der Waals surface area contributed by atoms with E-state index in [1.807, 2.05) is 12.3 Å². The van der Waals surface area contributed by atoms with Crippen LogP contribution in [0.3, 0.4) is 0 Å². The molecule has 0 aliphatic heterocycles. The average molecular weight is 247 g/mol. The van der Waals surface area contributed by atoms with E-state index in [2.05, 4.69) is 31.8 Å². The van der Waals surface area contributed by atoms with Crippen LogP contribution in [0.15, 0.2) is 18.3 Å². The van der Waals surface area contributed by atoms with Gasteiger partial charge in [-0.25, -0.2) is 0 Å². The summed E-state index contributed by atoms with van der Waals surface area (Å²) in [6.45, 7) is 6.31. The first kappa shape index (κ1) is 13.5. The highest BCUT2D eigenvalue weighted by molar-refractivity contribution is 5.25. The minimum Gasteiger partial charge on any atom is -0.393 e. The van der Waals surface area contributed by atoms with Crippen LogP contribution in [-0.2, 0) is 6.42 Å². The first-order valence-corrected chi connectivity index (χ1v) is 7.10. The lowest BCUT2D eigenvalue weighted by Gasteiger charge is -2.29. The van der Waals surface area contributed by atoms with Crippen molar-refractivity contribution in [2.45, 2.75) is 64.9 Å². The van der Waals surface area contributed by atoms with Gasteiger partial charge < -0.3 is 5.11 Å². The van der Waals surface area contributed by atoms with Crippen molar-refractivity contribution in [3.05, 3.63) is 29.6 Å². The van der Waals surface area contributed by atoms with E-state index in [0.29, 0.717) is 5.92 Å². The molecule has 2 unspecified atom stereocenters. The van der Waals surface area contributed by atoms with Crippen LogP contribution in [-0.4, -0.2) is 16.2 Å². The third-order valence-electron chi connectivity index (χ3n) is 4.10. The Balaban J connectivity index is 2.00. The minimum atomic E-state index is -0.216. The smallest absolute Gasteiger partial charge is 0.0588 e. The number of aromatic nitrogens is 1. The van der Waals surface area contributed by atoms with E-state index in [-0.39, 0.29) is 11.5 Å². The lowest BCUT2D eigenvalue weighted by Crippen LogP contribution is -2.26. The van der Waals surface area contributed by atoms with Crippen molar-refractivity contribution in [3.63, 3.8) is 0 Å². The summed E-state index contributed by atoms with van der Waals surface area (Å²) in [6, 6.07) is 4.24. The Morgan fingerprint density at radius 3 is 2.94 bits per heavy atom. The fourth-order valence-electron chi connectivity index (χ4n) is 2.78. The molecule has 0 aromatic carbocycles. The fourth-order valence-corrected chi connectivity index (χ4v) is 2.78. The SMILES string of the molecule is CC(C)(C)C(O)CCC1CCCc2cccnc21. The maximum atomic E-state index is 10.1. The van der Waals surface area contributed by atoms with Gasteiger partial charge in [0, 0.05) is 17.8 Å². The second-order valence-electron chi connectivity index (χ2n) is 6.60. The van der Waals surface area contributed by atoms with Crippen LogP contribution in [0.2, 0.25) is 0 Å². The predicted molar refractivity (Wildman–Crippen MR) is 74.6 cm³/mol. The van der Waals surface area contributed by atoms with Crippen molar-refractivity contribution in [2.24, 2.45) is 5.41 Å². The van der Waals surface area contributed by atoms with Crippen molar-refractivity contribution in [1.29, 1.82) is 0 Å². The summed E-state index contributed by atoms with van der Waals surface area (Å²) in [5.74, 6) is 0.548. The van der Waals surface area contributed by atoms with E-state index >= 15 is 0 Å². The average Bonchev–Trinajstić information content (AvgIpc) is 2.34. The highest BCUT2D eigenvalue weighted by Gasteiger charge is 2.26. The van der Waals surface area contributed by atoms with E-state index in [4.69, 9.17) is 0 Å². The molecule has 1 heterocycles. The zero-order valence-corrected chi connectivity index (χ0v) is 11.8. The summed E-state index contributed by atoms with van der Waals surface area (Å²) in [4.78, 5) is 4.56. The molecule has 2 nitrogen and oxygen atoms in total. The van der Waals surface area contributed by atoms with Gasteiger partial charge in [0.2, 0.25) is 0 Å². The molecule has 1 aliphatic rings. The number of aliphatic hydroxyl groups is 1. The number of aryl methyl sites for hydroxylation is 1. The van der Waals surface area contributed by atoms with E-state index in [1.165, 1.54) is 30.5 Å². The van der Waals surface area contributed by atoms with Crippen LogP contribution in [0.5, 0.6) is 0 Å². The Morgan fingerprint density at radius 1 is 1.44 bits per heavy atom. The molecule has 0 amide bonds. The van der Waals surface area contributed by atoms with Crippen molar-refractivity contribution in [3.8, 4) is 0 Å². The summed E-state index contributed by atoms with van der Waals surface area (Å²) in [6.07, 6.45) is 7.27. The van der Waals surface area contributed by atoms with Gasteiger partial charge in [-0.15, -0.1) is 0 Å². The molecule has 1 aromatic heterocycles. The van der Waals surface area contributed by atoms with Gasteiger partial charge in [0.15, 0.2) is 0 Å². The first-order valence-electron chi connectivity index (χ1n) is 7.10. The monoisotopic (exact) mass is 247 g/mol. The molecule has 18 heavy (non-hydrogen) atoms. The molecule has 0 saturated carbocycles. The minimum absolute atomic E-state index is 0.0123. The molecule has 100 valence electrons. The topological polar surface area (TPSA) is 33.1 Å². The van der Waals surface area contributed by atoms with Crippen LogP contribution in [0.4, 0.5) is 0 Å². The van der Waals surface area contributed by atoms with E-state index < -0.39 is 0 Å². The van der Waals surface area contributed by atoms with E-state index in [0.717, 1.165) is 12.8 Å². The molecule has 2 heteroatoms. The first-order chi connectivity index (χ1) is 8.48. The predicted octanol–water partition coefficient (Wildman–Crippen LogP) is 3.69. The highest BCUT2D eigenvalue weighted by Crippen LogP contribution is 2.35. The lowest BCUT2D eigenvalue weighted by atomic mass is 9.80. The van der Waals surface area contributed by atoms with E-state index in [9.17, 15) is 5.11 Å². The molecule has 2 rings (SSSR count). The van der Waals surface area contributed by atoms with Crippen molar-refractivity contribution < 1.29 is 5.11 Å². The second-order valence-corrected chi connectivity index (χ2v) is 6.60. The van der Waals surface area contributed by atoms with Gasteiger partial charge in [0.25, 0.3) is 0 Å². The Hall–Kier alpha value is -0.890. The molecule has 0 spiro atoms. The Morgan fingerprint density at radius 2 is 2.22 bits per heavy atom. The quantitative estimate of drug-likeness (QED) is 0.883. The van der Waals surface area contributed by atoms with Crippen molar-refractivity contribution in [1.82, 2.24) is 4.98 Å². The van der Waals surface area contributed by atoms with Crippen LogP contribution in [0, 0.1) is 5.41 Å². The zero-order valence-electron chi connectivity index (χ0n) is 11.8. The van der Waals surface area contributed by atoms with Gasteiger partial charge >= 0.3 is 0 Å². The van der Waals surface area contributed by atoms with Crippen molar-refractivity contribution in [2.75, 3.05) is 0 Å². The number of fused-ring (bicyclic) bond motifs is 1. The van der Waals surface area contributed by atoms with Gasteiger partial charge in [-0.2, -0.15) is 0 Å². The molecule has 0 radical (unpaired) electrons. The van der Waals surface area contributed by atoms with Crippen LogP contribution in [0.25, 0.3) is 0 Å². The largest absolute Gasteiger partial charge is 0.393 e. The molecule has 2 atom stereocenters. The summed E-state index contributed by atoms with van der Waals surface area (Å²) < 4.78 is 0. The molecule has 0 bridgehead atoms. The number of pyridine rings is 1. The number of nitrogens with zero attached hydrogens (tertiary/aromatic N) is 1. The molecular formula is C16H25NO. The molecule has 0 fully saturated rings. The molecule has 1 aliphatic carbocycles. The standard InChI is InChI=1S/C16H25NO/c1-16(2,3)14(18)10-9-13-7-4-6-12-8-5-11-17-15(12)13/h5,8,11,13-14,18H,4,6-7,9-10H2,1-3H3. The molecule has 0 saturated heterocycles. The number of aliphatic hydroxyl groups excluding tert-OH is 1. The summed E-state index contributed by atoms with van der Waals surface area (Å²) in [5.41, 5.74) is 2.69. The van der Waals surface area contributed by atoms with Gasteiger partial charge in [0.05, 0.1) is 6.10 Å². The Kier molecular flexibility index (Phi) is 4.06. The molecule has 1 N–H and O–H groups in total. The number of rotatable bonds is 3. The molecule has 1 aromatic rings. The number of hydrogen-bond acceptors (Lipinski definition) is 2. The van der Waals surface area contributed by atoms with Gasteiger partial charge in [-0.1, -0.05) is 26.8 Å². The third-order valence-corrected chi connectivity index (χ3v) is 4.10. The van der Waals surface area contributed by atoms with Gasteiger partial charge in [0.1, 0.15) is 0 Å². The summed E-state index contributed by atoms with van der Waals surface area (Å²) in [7, 11) is 0. The van der Waals surface area contributed by atoms with Crippen molar-refractivity contribution >= 4 is 0 Å². The van der Waals surface area contributed by atoms with Crippen LogP contribution < -0.4 is 0 Å². The fraction of sp³-hybridized carbons (Fsp3) is 0.688. The zero-order chi connectivity index (χ0) is 13.2. The Bertz CT molecular complexity index is 394. The van der Waals surface area contributed by atoms with E-state index in [1.54, 1.807) is 0 Å². The molecular weight excluding hydrogens is 222 g/mol. The number of hydrogen-bond donors (Lipinski definition) is 1. The highest BCUT2D eigenvalue weighted by atomic mass is 16.3. The van der Waals surface area contributed by atoms with Gasteiger partial charge in [-0.05, 0) is 49.1 Å². The maximum absolute atomic E-state index is 10.1. The second kappa shape index (κ2) is 5.40. The lowest BCUT2D eigenvalue weighted by molar-refractivity contribution is 0.0517.